The largest absolute Gasteiger partial charge is 0.355 e. The maximum absolute atomic E-state index is 13.2. The highest BCUT2D eigenvalue weighted by molar-refractivity contribution is 7.89. The zero-order valence-corrected chi connectivity index (χ0v) is 19.1. The van der Waals surface area contributed by atoms with Crippen LogP contribution >= 0.6 is 23.2 Å². The number of amides is 1. The van der Waals surface area contributed by atoms with E-state index in [9.17, 15) is 13.2 Å². The maximum Gasteiger partial charge on any atom is 0.243 e. The van der Waals surface area contributed by atoms with Gasteiger partial charge in [0, 0.05) is 13.1 Å². The van der Waals surface area contributed by atoms with Crippen molar-refractivity contribution in [3.63, 3.8) is 0 Å². The number of hydrogen-bond acceptors (Lipinski definition) is 3. The zero-order chi connectivity index (χ0) is 21.6. The molecule has 2 aromatic rings. The van der Waals surface area contributed by atoms with Crippen molar-refractivity contribution in [1.82, 2.24) is 9.62 Å². The van der Waals surface area contributed by atoms with Crippen LogP contribution in [0.2, 0.25) is 10.0 Å². The topological polar surface area (TPSA) is 66.5 Å². The van der Waals surface area contributed by atoms with Gasteiger partial charge in [-0.25, -0.2) is 8.42 Å². The Bertz CT molecular complexity index is 945. The highest BCUT2D eigenvalue weighted by atomic mass is 35.5. The van der Waals surface area contributed by atoms with Crippen LogP contribution in [0.3, 0.4) is 0 Å². The number of sulfonamides is 1. The normalized spacial score (nSPS) is 11.8. The summed E-state index contributed by atoms with van der Waals surface area (Å²) in [7, 11) is -3.88. The van der Waals surface area contributed by atoms with E-state index >= 15 is 0 Å². The summed E-state index contributed by atoms with van der Waals surface area (Å²) in [6, 6.07) is 11.5. The van der Waals surface area contributed by atoms with E-state index in [2.05, 4.69) is 19.2 Å². The summed E-state index contributed by atoms with van der Waals surface area (Å²) < 4.78 is 27.6. The van der Waals surface area contributed by atoms with Crippen LogP contribution in [0.4, 0.5) is 0 Å². The van der Waals surface area contributed by atoms with Crippen LogP contribution in [0, 0.1) is 12.8 Å². The second-order valence-electron chi connectivity index (χ2n) is 7.37. The molecule has 0 spiro atoms. The third-order valence-corrected chi connectivity index (χ3v) is 6.91. The molecule has 0 fully saturated rings. The van der Waals surface area contributed by atoms with Gasteiger partial charge >= 0.3 is 0 Å². The van der Waals surface area contributed by atoms with Crippen molar-refractivity contribution in [2.24, 2.45) is 5.92 Å². The number of halogens is 2. The number of nitrogens with one attached hydrogen (secondary N) is 1. The molecule has 1 amide bonds. The molecule has 0 radical (unpaired) electrons. The van der Waals surface area contributed by atoms with E-state index < -0.39 is 10.0 Å². The average molecular weight is 457 g/mol. The highest BCUT2D eigenvalue weighted by Crippen LogP contribution is 2.25. The Kier molecular flexibility index (Phi) is 8.52. The van der Waals surface area contributed by atoms with Gasteiger partial charge in [0.25, 0.3) is 0 Å². The molecule has 8 heteroatoms. The Morgan fingerprint density at radius 3 is 2.31 bits per heavy atom. The number of rotatable bonds is 9. The number of nitrogens with zero attached hydrogens (tertiary/aromatic N) is 1. The smallest absolute Gasteiger partial charge is 0.243 e. The van der Waals surface area contributed by atoms with Crippen molar-refractivity contribution in [1.29, 1.82) is 0 Å². The third kappa shape index (κ3) is 7.00. The monoisotopic (exact) mass is 456 g/mol. The van der Waals surface area contributed by atoms with Gasteiger partial charge in [-0.15, -0.1) is 0 Å². The zero-order valence-electron chi connectivity index (χ0n) is 16.8. The summed E-state index contributed by atoms with van der Waals surface area (Å²) in [6.07, 6.45) is 0.823. The van der Waals surface area contributed by atoms with Gasteiger partial charge in [-0.1, -0.05) is 60.8 Å². The van der Waals surface area contributed by atoms with Gasteiger partial charge in [-0.3, -0.25) is 4.79 Å². The lowest BCUT2D eigenvalue weighted by Gasteiger charge is -2.22. The Morgan fingerprint density at radius 1 is 1.07 bits per heavy atom. The highest BCUT2D eigenvalue weighted by Gasteiger charge is 2.27. The fourth-order valence-electron chi connectivity index (χ4n) is 2.64. The van der Waals surface area contributed by atoms with Crippen LogP contribution in [0.15, 0.2) is 47.4 Å². The van der Waals surface area contributed by atoms with E-state index in [0.717, 1.165) is 16.3 Å². The van der Waals surface area contributed by atoms with Crippen LogP contribution < -0.4 is 5.32 Å². The molecule has 158 valence electrons. The van der Waals surface area contributed by atoms with Gasteiger partial charge in [0.1, 0.15) is 0 Å². The van der Waals surface area contributed by atoms with Gasteiger partial charge in [0.15, 0.2) is 0 Å². The minimum absolute atomic E-state index is 0.00466. The van der Waals surface area contributed by atoms with Crippen molar-refractivity contribution in [3.05, 3.63) is 63.6 Å². The Morgan fingerprint density at radius 2 is 1.72 bits per heavy atom. The molecule has 1 N–H and O–H groups in total. The Hall–Kier alpha value is -1.60. The SMILES string of the molecule is Cc1ccc(S(=O)(=O)N(CC(=O)NCCC(C)C)Cc2ccc(Cl)c(Cl)c2)cc1. The minimum Gasteiger partial charge on any atom is -0.355 e. The predicted octanol–water partition coefficient (Wildman–Crippen LogP) is 4.66. The summed E-state index contributed by atoms with van der Waals surface area (Å²) in [4.78, 5) is 12.6. The first kappa shape index (κ1) is 23.7. The molecule has 0 heterocycles. The second-order valence-corrected chi connectivity index (χ2v) is 10.1. The van der Waals surface area contributed by atoms with E-state index in [1.165, 1.54) is 0 Å². The summed E-state index contributed by atoms with van der Waals surface area (Å²) >= 11 is 12.0. The fraction of sp³-hybridized carbons (Fsp3) is 0.381. The molecule has 2 rings (SSSR count). The number of hydrogen-bond donors (Lipinski definition) is 1. The van der Waals surface area contributed by atoms with E-state index in [-0.39, 0.29) is 23.9 Å². The summed E-state index contributed by atoms with van der Waals surface area (Å²) in [6.45, 7) is 6.22. The van der Waals surface area contributed by atoms with Crippen LogP contribution in [-0.4, -0.2) is 31.7 Å². The average Bonchev–Trinajstić information content (AvgIpc) is 2.64. The molecule has 0 atom stereocenters. The summed E-state index contributed by atoms with van der Waals surface area (Å²) in [5.74, 6) is 0.0975. The van der Waals surface area contributed by atoms with Crippen LogP contribution in [-0.2, 0) is 21.4 Å². The van der Waals surface area contributed by atoms with Gasteiger partial charge in [-0.2, -0.15) is 4.31 Å². The number of benzene rings is 2. The first-order chi connectivity index (χ1) is 13.6. The van der Waals surface area contributed by atoms with Crippen LogP contribution in [0.5, 0.6) is 0 Å². The predicted molar refractivity (Wildman–Crippen MR) is 118 cm³/mol. The van der Waals surface area contributed by atoms with Crippen molar-refractivity contribution in [2.75, 3.05) is 13.1 Å². The fourth-order valence-corrected chi connectivity index (χ4v) is 4.35. The van der Waals surface area contributed by atoms with E-state index in [1.54, 1.807) is 42.5 Å². The first-order valence-corrected chi connectivity index (χ1v) is 11.6. The number of carbonyl (C=O) groups excluding carboxylic acids is 1. The molecular weight excluding hydrogens is 431 g/mol. The van der Waals surface area contributed by atoms with E-state index in [4.69, 9.17) is 23.2 Å². The van der Waals surface area contributed by atoms with Crippen molar-refractivity contribution < 1.29 is 13.2 Å². The number of carbonyl (C=O) groups is 1. The second kappa shape index (κ2) is 10.4. The third-order valence-electron chi connectivity index (χ3n) is 4.37. The minimum atomic E-state index is -3.88. The molecule has 0 aliphatic carbocycles. The maximum atomic E-state index is 13.2. The molecule has 0 aliphatic rings. The summed E-state index contributed by atoms with van der Waals surface area (Å²) in [5, 5.41) is 3.51. The van der Waals surface area contributed by atoms with Gasteiger partial charge < -0.3 is 5.32 Å². The van der Waals surface area contributed by atoms with Gasteiger partial charge in [0.05, 0.1) is 21.5 Å². The van der Waals surface area contributed by atoms with E-state index in [1.807, 2.05) is 6.92 Å². The molecule has 2 aromatic carbocycles. The lowest BCUT2D eigenvalue weighted by molar-refractivity contribution is -0.121. The number of aryl methyl sites for hydroxylation is 1. The van der Waals surface area contributed by atoms with E-state index in [0.29, 0.717) is 28.1 Å². The van der Waals surface area contributed by atoms with Crippen molar-refractivity contribution in [2.45, 2.75) is 38.6 Å². The van der Waals surface area contributed by atoms with Crippen LogP contribution in [0.25, 0.3) is 0 Å². The molecule has 29 heavy (non-hydrogen) atoms. The summed E-state index contributed by atoms with van der Waals surface area (Å²) in [5.41, 5.74) is 1.59. The first-order valence-electron chi connectivity index (χ1n) is 9.37. The van der Waals surface area contributed by atoms with Gasteiger partial charge in [0.2, 0.25) is 15.9 Å². The lowest BCUT2D eigenvalue weighted by atomic mass is 10.1. The molecule has 0 aliphatic heterocycles. The molecule has 0 aromatic heterocycles. The molecule has 5 nitrogen and oxygen atoms in total. The quantitative estimate of drug-likeness (QED) is 0.596. The molecule has 0 bridgehead atoms. The van der Waals surface area contributed by atoms with Crippen molar-refractivity contribution in [3.8, 4) is 0 Å². The molecule has 0 unspecified atom stereocenters. The molecule has 0 saturated carbocycles. The van der Waals surface area contributed by atoms with Gasteiger partial charge in [-0.05, 0) is 49.1 Å². The molecule has 0 saturated heterocycles. The Balaban J connectivity index is 2.27. The Labute approximate surface area is 183 Å². The lowest BCUT2D eigenvalue weighted by Crippen LogP contribution is -2.40. The van der Waals surface area contributed by atoms with Crippen LogP contribution in [0.1, 0.15) is 31.4 Å². The molecular formula is C21H26Cl2N2O3S. The standard InChI is InChI=1S/C21H26Cl2N2O3S/c1-15(2)10-11-24-21(26)14-25(13-17-6-9-19(22)20(23)12-17)29(27,28)18-7-4-16(3)5-8-18/h4-9,12,15H,10-11,13-14H2,1-3H3,(H,24,26). The van der Waals surface area contributed by atoms with Crippen molar-refractivity contribution >= 4 is 39.1 Å².